The minimum Gasteiger partial charge on any atom is -0.329 e. The first kappa shape index (κ1) is 20.7. The first-order chi connectivity index (χ1) is 13.1. The number of hydrogen-bond donors (Lipinski definition) is 0. The maximum absolute atomic E-state index is 13.2. The molecule has 1 amide bonds. The minimum atomic E-state index is -3.75. The Morgan fingerprint density at radius 3 is 2.54 bits per heavy atom. The highest BCUT2D eigenvalue weighted by atomic mass is 35.5. The molecule has 28 heavy (non-hydrogen) atoms. The molecular formula is C17H18ClN3O5S2. The van der Waals surface area contributed by atoms with Crippen LogP contribution in [0.25, 0.3) is 0 Å². The van der Waals surface area contributed by atoms with Gasteiger partial charge in [-0.2, -0.15) is 0 Å². The van der Waals surface area contributed by atoms with Crippen molar-refractivity contribution in [1.82, 2.24) is 14.9 Å². The highest BCUT2D eigenvalue weighted by molar-refractivity contribution is 7.91. The van der Waals surface area contributed by atoms with Crippen LogP contribution in [-0.4, -0.2) is 61.4 Å². The van der Waals surface area contributed by atoms with Crippen LogP contribution in [0.15, 0.2) is 41.7 Å². The summed E-state index contributed by atoms with van der Waals surface area (Å²) in [6.07, 6.45) is 2.28. The van der Waals surface area contributed by atoms with Crippen molar-refractivity contribution in [3.05, 3.63) is 52.8 Å². The van der Waals surface area contributed by atoms with Gasteiger partial charge in [-0.05, 0) is 12.0 Å². The van der Waals surface area contributed by atoms with E-state index in [2.05, 4.69) is 9.97 Å². The van der Waals surface area contributed by atoms with Crippen molar-refractivity contribution in [2.75, 3.05) is 17.8 Å². The Bertz CT molecular complexity index is 1100. The molecule has 2 aromatic rings. The van der Waals surface area contributed by atoms with E-state index in [-0.39, 0.29) is 28.8 Å². The smallest absolute Gasteiger partial charge is 0.274 e. The van der Waals surface area contributed by atoms with Crippen molar-refractivity contribution in [2.24, 2.45) is 0 Å². The van der Waals surface area contributed by atoms with Crippen LogP contribution < -0.4 is 0 Å². The Hall–Kier alpha value is -2.04. The fourth-order valence-corrected chi connectivity index (χ4v) is 5.39. The van der Waals surface area contributed by atoms with Crippen LogP contribution in [-0.2, 0) is 26.2 Å². The largest absolute Gasteiger partial charge is 0.329 e. The van der Waals surface area contributed by atoms with Gasteiger partial charge in [-0.3, -0.25) is 4.79 Å². The number of amides is 1. The van der Waals surface area contributed by atoms with Gasteiger partial charge in [0.05, 0.1) is 22.7 Å². The zero-order valence-electron chi connectivity index (χ0n) is 14.9. The van der Waals surface area contributed by atoms with Gasteiger partial charge in [0.1, 0.15) is 0 Å². The van der Waals surface area contributed by atoms with Crippen molar-refractivity contribution in [3.8, 4) is 0 Å². The first-order valence-corrected chi connectivity index (χ1v) is 12.4. The van der Waals surface area contributed by atoms with E-state index in [4.69, 9.17) is 11.6 Å². The molecule has 1 saturated heterocycles. The van der Waals surface area contributed by atoms with Crippen molar-refractivity contribution in [2.45, 2.75) is 24.2 Å². The number of carbonyl (C=O) groups is 1. The molecule has 0 N–H and O–H groups in total. The highest BCUT2D eigenvalue weighted by Gasteiger charge is 2.36. The quantitative estimate of drug-likeness (QED) is 0.641. The first-order valence-electron chi connectivity index (χ1n) is 8.35. The number of rotatable bonds is 5. The van der Waals surface area contributed by atoms with Crippen molar-refractivity contribution >= 4 is 37.2 Å². The lowest BCUT2D eigenvalue weighted by atomic mass is 10.1. The fourth-order valence-electron chi connectivity index (χ4n) is 2.98. The van der Waals surface area contributed by atoms with Gasteiger partial charge in [0, 0.05) is 18.8 Å². The molecule has 0 radical (unpaired) electrons. The molecule has 1 aliphatic heterocycles. The van der Waals surface area contributed by atoms with Crippen LogP contribution in [0.4, 0.5) is 0 Å². The van der Waals surface area contributed by atoms with E-state index >= 15 is 0 Å². The number of aromatic nitrogens is 2. The minimum absolute atomic E-state index is 0.0116. The van der Waals surface area contributed by atoms with Gasteiger partial charge < -0.3 is 4.90 Å². The van der Waals surface area contributed by atoms with Gasteiger partial charge in [0.25, 0.3) is 5.91 Å². The molecule has 0 saturated carbocycles. The van der Waals surface area contributed by atoms with E-state index in [0.717, 1.165) is 18.0 Å². The predicted octanol–water partition coefficient (Wildman–Crippen LogP) is 1.36. The monoisotopic (exact) mass is 443 g/mol. The maximum atomic E-state index is 13.2. The van der Waals surface area contributed by atoms with E-state index in [1.54, 1.807) is 0 Å². The Kier molecular flexibility index (Phi) is 5.74. The molecule has 11 heteroatoms. The Balaban J connectivity index is 2.01. The number of sulfone groups is 2. The molecule has 1 atom stereocenters. The summed E-state index contributed by atoms with van der Waals surface area (Å²) < 4.78 is 47.4. The standard InChI is InChI=1S/C17H18ClN3O5S2/c1-27(23,24)17-19-9-14(18)15(20-17)16(22)21(10-12-5-3-2-4-6-12)13-7-8-28(25,26)11-13/h2-6,9,13H,7-8,10-11H2,1H3/t13-/m1/s1. The second-order valence-electron chi connectivity index (χ2n) is 6.60. The molecule has 3 rings (SSSR count). The SMILES string of the molecule is CS(=O)(=O)c1ncc(Cl)c(C(=O)N(Cc2ccccc2)[C@@H]2CCS(=O)(=O)C2)n1. The molecule has 0 aliphatic carbocycles. The molecule has 150 valence electrons. The molecule has 1 aromatic carbocycles. The predicted molar refractivity (Wildman–Crippen MR) is 104 cm³/mol. The van der Waals surface area contributed by atoms with Gasteiger partial charge in [-0.1, -0.05) is 41.9 Å². The summed E-state index contributed by atoms with van der Waals surface area (Å²) in [7, 11) is -6.99. The van der Waals surface area contributed by atoms with E-state index < -0.39 is 36.8 Å². The zero-order valence-corrected chi connectivity index (χ0v) is 17.3. The van der Waals surface area contributed by atoms with Crippen LogP contribution in [0.5, 0.6) is 0 Å². The lowest BCUT2D eigenvalue weighted by Crippen LogP contribution is -2.41. The van der Waals surface area contributed by atoms with Gasteiger partial charge in [-0.15, -0.1) is 0 Å². The van der Waals surface area contributed by atoms with Gasteiger partial charge in [-0.25, -0.2) is 26.8 Å². The Morgan fingerprint density at radius 2 is 1.96 bits per heavy atom. The van der Waals surface area contributed by atoms with Crippen molar-refractivity contribution in [3.63, 3.8) is 0 Å². The molecule has 1 aliphatic rings. The van der Waals surface area contributed by atoms with Crippen molar-refractivity contribution < 1.29 is 21.6 Å². The number of halogens is 1. The third-order valence-electron chi connectivity index (χ3n) is 4.36. The molecule has 0 unspecified atom stereocenters. The summed E-state index contributed by atoms with van der Waals surface area (Å²) in [5.41, 5.74) is 0.533. The van der Waals surface area contributed by atoms with Crippen LogP contribution in [0.2, 0.25) is 5.02 Å². The molecule has 0 bridgehead atoms. The normalized spacial score (nSPS) is 18.7. The molecule has 2 heterocycles. The second kappa shape index (κ2) is 7.76. The topological polar surface area (TPSA) is 114 Å². The van der Waals surface area contributed by atoms with E-state index in [0.29, 0.717) is 6.42 Å². The fraction of sp³-hybridized carbons (Fsp3) is 0.353. The second-order valence-corrected chi connectivity index (χ2v) is 11.1. The summed E-state index contributed by atoms with van der Waals surface area (Å²) in [6.45, 7) is 0.147. The molecule has 1 aromatic heterocycles. The van der Waals surface area contributed by atoms with Crippen LogP contribution in [0.1, 0.15) is 22.5 Å². The number of hydrogen-bond acceptors (Lipinski definition) is 7. The van der Waals surface area contributed by atoms with Gasteiger partial charge in [0.15, 0.2) is 15.5 Å². The zero-order chi connectivity index (χ0) is 20.5. The average Bonchev–Trinajstić information content (AvgIpc) is 2.99. The van der Waals surface area contributed by atoms with Crippen LogP contribution in [0.3, 0.4) is 0 Å². The number of carbonyl (C=O) groups excluding carboxylic acids is 1. The van der Waals surface area contributed by atoms with E-state index in [1.807, 2.05) is 30.3 Å². The summed E-state index contributed by atoms with van der Waals surface area (Å²) in [4.78, 5) is 22.1. The summed E-state index contributed by atoms with van der Waals surface area (Å²) in [6, 6.07) is 8.52. The third kappa shape index (κ3) is 4.68. The Labute approximate surface area is 168 Å². The molecule has 8 nitrogen and oxygen atoms in total. The number of benzene rings is 1. The summed E-state index contributed by atoms with van der Waals surface area (Å²) in [5.74, 6) is -0.807. The van der Waals surface area contributed by atoms with Gasteiger partial charge in [0.2, 0.25) is 15.0 Å². The molecule has 1 fully saturated rings. The van der Waals surface area contributed by atoms with Crippen molar-refractivity contribution in [1.29, 1.82) is 0 Å². The van der Waals surface area contributed by atoms with Crippen LogP contribution in [0, 0.1) is 0 Å². The Morgan fingerprint density at radius 1 is 1.29 bits per heavy atom. The maximum Gasteiger partial charge on any atom is 0.274 e. The average molecular weight is 444 g/mol. The third-order valence-corrected chi connectivity index (χ3v) is 7.25. The summed E-state index contributed by atoms with van der Waals surface area (Å²) in [5, 5.41) is -0.615. The lowest BCUT2D eigenvalue weighted by molar-refractivity contribution is 0.0674. The van der Waals surface area contributed by atoms with E-state index in [1.165, 1.54) is 4.90 Å². The summed E-state index contributed by atoms with van der Waals surface area (Å²) >= 11 is 6.07. The molecule has 0 spiro atoms. The highest BCUT2D eigenvalue weighted by Crippen LogP contribution is 2.24. The van der Waals surface area contributed by atoms with Gasteiger partial charge >= 0.3 is 0 Å². The molecular weight excluding hydrogens is 426 g/mol. The number of nitrogens with zero attached hydrogens (tertiary/aromatic N) is 3. The lowest BCUT2D eigenvalue weighted by Gasteiger charge is -2.28. The van der Waals surface area contributed by atoms with Crippen LogP contribution >= 0.6 is 11.6 Å². The van der Waals surface area contributed by atoms with E-state index in [9.17, 15) is 21.6 Å².